The molecule has 0 aromatic heterocycles. The SMILES string of the molecule is CCCC(C)C(C)(C)C(C)(C)C(C)(O)O. The number of hydrogen-bond acceptors (Lipinski definition) is 2. The first-order chi connectivity index (χ1) is 6.48. The molecule has 2 N–H and O–H groups in total. The van der Waals surface area contributed by atoms with Crippen molar-refractivity contribution in [3.8, 4) is 0 Å². The molecule has 0 aliphatic carbocycles. The number of hydrogen-bond donors (Lipinski definition) is 2. The second-order valence-corrected chi connectivity index (χ2v) is 6.06. The Balaban J connectivity index is 5.00. The molecule has 15 heavy (non-hydrogen) atoms. The Morgan fingerprint density at radius 1 is 1.00 bits per heavy atom. The topological polar surface area (TPSA) is 40.5 Å². The minimum atomic E-state index is -1.64. The highest BCUT2D eigenvalue weighted by Crippen LogP contribution is 2.51. The Hall–Kier alpha value is -0.0800. The lowest BCUT2D eigenvalue weighted by Crippen LogP contribution is -2.53. The quantitative estimate of drug-likeness (QED) is 0.693. The maximum absolute atomic E-state index is 9.85. The van der Waals surface area contributed by atoms with E-state index < -0.39 is 11.2 Å². The van der Waals surface area contributed by atoms with Crippen LogP contribution in [0.4, 0.5) is 0 Å². The zero-order chi connectivity index (χ0) is 12.5. The zero-order valence-electron chi connectivity index (χ0n) is 11.4. The second kappa shape index (κ2) is 4.42. The first-order valence-corrected chi connectivity index (χ1v) is 5.93. The molecular formula is C13H28O2. The Morgan fingerprint density at radius 2 is 1.40 bits per heavy atom. The molecule has 0 fully saturated rings. The highest BCUT2D eigenvalue weighted by Gasteiger charge is 2.50. The Labute approximate surface area is 94.7 Å². The van der Waals surface area contributed by atoms with Gasteiger partial charge in [0, 0.05) is 5.41 Å². The molecule has 2 nitrogen and oxygen atoms in total. The third kappa shape index (κ3) is 2.73. The van der Waals surface area contributed by atoms with Crippen LogP contribution in [0.5, 0.6) is 0 Å². The summed E-state index contributed by atoms with van der Waals surface area (Å²) in [5.41, 5.74) is -0.643. The molecule has 0 heterocycles. The lowest BCUT2D eigenvalue weighted by atomic mass is 9.57. The van der Waals surface area contributed by atoms with Crippen LogP contribution < -0.4 is 0 Å². The molecule has 0 amide bonds. The van der Waals surface area contributed by atoms with E-state index >= 15 is 0 Å². The monoisotopic (exact) mass is 216 g/mol. The predicted octanol–water partition coefficient (Wildman–Crippen LogP) is 3.18. The van der Waals surface area contributed by atoms with Gasteiger partial charge in [-0.05, 0) is 18.3 Å². The largest absolute Gasteiger partial charge is 0.365 e. The summed E-state index contributed by atoms with van der Waals surface area (Å²) in [4.78, 5) is 0. The first kappa shape index (κ1) is 14.9. The van der Waals surface area contributed by atoms with Gasteiger partial charge in [-0.25, -0.2) is 0 Å². The summed E-state index contributed by atoms with van der Waals surface area (Å²) < 4.78 is 0. The van der Waals surface area contributed by atoms with Crippen LogP contribution in [0, 0.1) is 16.7 Å². The third-order valence-electron chi connectivity index (χ3n) is 4.75. The molecule has 2 heteroatoms. The standard InChI is InChI=1S/C13H28O2/c1-8-9-10(2)11(3,4)12(5,6)13(7,14)15/h10,14-15H,8-9H2,1-7H3. The van der Waals surface area contributed by atoms with Gasteiger partial charge in [-0.3, -0.25) is 0 Å². The van der Waals surface area contributed by atoms with Gasteiger partial charge in [0.1, 0.15) is 0 Å². The van der Waals surface area contributed by atoms with E-state index in [9.17, 15) is 10.2 Å². The maximum atomic E-state index is 9.85. The van der Waals surface area contributed by atoms with Crippen molar-refractivity contribution >= 4 is 0 Å². The normalized spacial score (nSPS) is 16.6. The van der Waals surface area contributed by atoms with Crippen LogP contribution in [0.1, 0.15) is 61.3 Å². The van der Waals surface area contributed by atoms with Gasteiger partial charge in [-0.2, -0.15) is 0 Å². The van der Waals surface area contributed by atoms with Gasteiger partial charge in [0.25, 0.3) is 0 Å². The Bertz CT molecular complexity index is 199. The van der Waals surface area contributed by atoms with Crippen LogP contribution in [0.3, 0.4) is 0 Å². The predicted molar refractivity (Wildman–Crippen MR) is 64.5 cm³/mol. The van der Waals surface area contributed by atoms with Crippen molar-refractivity contribution in [3.63, 3.8) is 0 Å². The van der Waals surface area contributed by atoms with Crippen LogP contribution in [-0.2, 0) is 0 Å². The smallest absolute Gasteiger partial charge is 0.165 e. The van der Waals surface area contributed by atoms with E-state index in [-0.39, 0.29) is 5.41 Å². The molecule has 1 unspecified atom stereocenters. The first-order valence-electron chi connectivity index (χ1n) is 5.93. The average Bonchev–Trinajstić information content (AvgIpc) is 2.02. The fraction of sp³-hybridized carbons (Fsp3) is 1.00. The van der Waals surface area contributed by atoms with Crippen molar-refractivity contribution in [2.45, 2.75) is 67.1 Å². The summed E-state index contributed by atoms with van der Waals surface area (Å²) in [6, 6.07) is 0. The maximum Gasteiger partial charge on any atom is 0.165 e. The molecule has 0 bridgehead atoms. The molecule has 92 valence electrons. The molecule has 0 saturated carbocycles. The molecule has 1 atom stereocenters. The zero-order valence-corrected chi connectivity index (χ0v) is 11.4. The summed E-state index contributed by atoms with van der Waals surface area (Å²) in [7, 11) is 0. The van der Waals surface area contributed by atoms with E-state index in [0.29, 0.717) is 5.92 Å². The summed E-state index contributed by atoms with van der Waals surface area (Å²) in [5.74, 6) is -1.17. The van der Waals surface area contributed by atoms with Crippen LogP contribution in [0.2, 0.25) is 0 Å². The summed E-state index contributed by atoms with van der Waals surface area (Å²) in [6.07, 6.45) is 2.25. The molecule has 0 aliphatic heterocycles. The molecule has 0 radical (unpaired) electrons. The highest BCUT2D eigenvalue weighted by molar-refractivity contribution is 4.95. The van der Waals surface area contributed by atoms with E-state index in [1.54, 1.807) is 0 Å². The lowest BCUT2D eigenvalue weighted by molar-refractivity contribution is -0.258. The van der Waals surface area contributed by atoms with Crippen molar-refractivity contribution in [1.82, 2.24) is 0 Å². The number of aliphatic hydroxyl groups is 2. The van der Waals surface area contributed by atoms with Gasteiger partial charge in [-0.15, -0.1) is 0 Å². The molecule has 0 saturated heterocycles. The molecule has 0 rings (SSSR count). The second-order valence-electron chi connectivity index (χ2n) is 6.06. The van der Waals surface area contributed by atoms with E-state index in [0.717, 1.165) is 12.8 Å². The van der Waals surface area contributed by atoms with Crippen molar-refractivity contribution in [1.29, 1.82) is 0 Å². The number of rotatable bonds is 5. The fourth-order valence-electron chi connectivity index (χ4n) is 2.02. The third-order valence-corrected chi connectivity index (χ3v) is 4.75. The van der Waals surface area contributed by atoms with Crippen molar-refractivity contribution in [2.24, 2.45) is 16.7 Å². The van der Waals surface area contributed by atoms with E-state index in [2.05, 4.69) is 27.7 Å². The molecule has 0 spiro atoms. The van der Waals surface area contributed by atoms with Gasteiger partial charge in [0.05, 0.1) is 0 Å². The van der Waals surface area contributed by atoms with Crippen molar-refractivity contribution in [3.05, 3.63) is 0 Å². The lowest BCUT2D eigenvalue weighted by Gasteiger charge is -2.51. The van der Waals surface area contributed by atoms with Crippen molar-refractivity contribution < 1.29 is 10.2 Å². The highest BCUT2D eigenvalue weighted by atomic mass is 16.5. The van der Waals surface area contributed by atoms with Crippen LogP contribution in [-0.4, -0.2) is 16.0 Å². The van der Waals surface area contributed by atoms with Gasteiger partial charge in [-0.1, -0.05) is 54.4 Å². The van der Waals surface area contributed by atoms with Gasteiger partial charge in [0.2, 0.25) is 0 Å². The summed E-state index contributed by atoms with van der Waals surface area (Å²) in [6.45, 7) is 13.9. The van der Waals surface area contributed by atoms with Gasteiger partial charge >= 0.3 is 0 Å². The molecule has 0 aliphatic rings. The Morgan fingerprint density at radius 3 is 1.67 bits per heavy atom. The van der Waals surface area contributed by atoms with Gasteiger partial charge in [0.15, 0.2) is 5.79 Å². The fourth-order valence-corrected chi connectivity index (χ4v) is 2.02. The summed E-state index contributed by atoms with van der Waals surface area (Å²) >= 11 is 0. The van der Waals surface area contributed by atoms with Crippen LogP contribution >= 0.6 is 0 Å². The molecule has 0 aromatic carbocycles. The van der Waals surface area contributed by atoms with E-state index in [1.165, 1.54) is 6.92 Å². The van der Waals surface area contributed by atoms with E-state index in [4.69, 9.17) is 0 Å². The van der Waals surface area contributed by atoms with E-state index in [1.807, 2.05) is 13.8 Å². The van der Waals surface area contributed by atoms with Crippen molar-refractivity contribution in [2.75, 3.05) is 0 Å². The average molecular weight is 216 g/mol. The van der Waals surface area contributed by atoms with Gasteiger partial charge < -0.3 is 10.2 Å². The van der Waals surface area contributed by atoms with Crippen LogP contribution in [0.15, 0.2) is 0 Å². The minimum absolute atomic E-state index is 0.110. The minimum Gasteiger partial charge on any atom is -0.365 e. The molecular weight excluding hydrogens is 188 g/mol. The molecule has 0 aromatic rings. The van der Waals surface area contributed by atoms with Crippen LogP contribution in [0.25, 0.3) is 0 Å². The Kier molecular flexibility index (Phi) is 4.40. The summed E-state index contributed by atoms with van der Waals surface area (Å²) in [5, 5.41) is 19.7.